The first-order chi connectivity index (χ1) is 16.3. The molecule has 0 radical (unpaired) electrons. The fourth-order valence-electron chi connectivity index (χ4n) is 3.49. The van der Waals surface area contributed by atoms with Crippen molar-refractivity contribution in [3.05, 3.63) is 76.2 Å². The van der Waals surface area contributed by atoms with Crippen molar-refractivity contribution in [3.8, 4) is 11.8 Å². The molecule has 0 aliphatic heterocycles. The molecule has 1 heterocycles. The predicted octanol–water partition coefficient (Wildman–Crippen LogP) is 3.43. The highest BCUT2D eigenvalue weighted by molar-refractivity contribution is 6.30. The quantitative estimate of drug-likeness (QED) is 0.403. The van der Waals surface area contributed by atoms with Gasteiger partial charge < -0.3 is 16.4 Å². The topological polar surface area (TPSA) is 126 Å². The molecule has 0 fully saturated rings. The lowest BCUT2D eigenvalue weighted by Gasteiger charge is -2.18. The SMILES string of the molecule is CC(=O)NC(CC(=O)NCCCc1nn(-c2ccc(F)cc2)c(N)c1C#N)c1ccc(Cl)cc1. The van der Waals surface area contributed by atoms with E-state index in [2.05, 4.69) is 21.8 Å². The van der Waals surface area contributed by atoms with Gasteiger partial charge in [-0.15, -0.1) is 0 Å². The molecule has 0 bridgehead atoms. The molecule has 0 saturated heterocycles. The van der Waals surface area contributed by atoms with Gasteiger partial charge in [0.15, 0.2) is 0 Å². The Balaban J connectivity index is 1.58. The van der Waals surface area contributed by atoms with Gasteiger partial charge in [-0.1, -0.05) is 23.7 Å². The standard InChI is InChI=1S/C24H24ClFN6O2/c1-15(33)30-22(16-4-6-17(25)7-5-16)13-23(34)29-12-2-3-21-20(14-27)24(28)32(31-21)19-10-8-18(26)9-11-19/h4-11,22H,2-3,12-13,28H2,1H3,(H,29,34)(H,30,33). The molecular formula is C24H24ClFN6O2. The lowest BCUT2D eigenvalue weighted by atomic mass is 10.0. The molecule has 0 aliphatic rings. The zero-order chi connectivity index (χ0) is 24.7. The van der Waals surface area contributed by atoms with E-state index in [0.717, 1.165) is 5.56 Å². The molecule has 0 aliphatic carbocycles. The number of nitriles is 1. The Morgan fingerprint density at radius 3 is 2.50 bits per heavy atom. The number of hydrogen-bond acceptors (Lipinski definition) is 5. The van der Waals surface area contributed by atoms with Crippen molar-refractivity contribution in [2.75, 3.05) is 12.3 Å². The minimum Gasteiger partial charge on any atom is -0.382 e. The number of halogens is 2. The van der Waals surface area contributed by atoms with Crippen molar-refractivity contribution in [1.29, 1.82) is 5.26 Å². The van der Waals surface area contributed by atoms with Crippen molar-refractivity contribution in [2.45, 2.75) is 32.2 Å². The largest absolute Gasteiger partial charge is 0.382 e. The van der Waals surface area contributed by atoms with E-state index < -0.39 is 6.04 Å². The Hall–Kier alpha value is -3.90. The summed E-state index contributed by atoms with van der Waals surface area (Å²) in [7, 11) is 0. The number of nitrogens with one attached hydrogen (secondary N) is 2. The molecule has 0 spiro atoms. The van der Waals surface area contributed by atoms with Crippen LogP contribution in [0.3, 0.4) is 0 Å². The number of carbonyl (C=O) groups is 2. The van der Waals surface area contributed by atoms with Gasteiger partial charge in [-0.3, -0.25) is 9.59 Å². The second kappa shape index (κ2) is 11.3. The van der Waals surface area contributed by atoms with Gasteiger partial charge in [0.1, 0.15) is 23.3 Å². The number of aromatic nitrogens is 2. The molecule has 8 nitrogen and oxygen atoms in total. The minimum atomic E-state index is -0.480. The molecule has 1 unspecified atom stereocenters. The number of hydrogen-bond donors (Lipinski definition) is 3. The van der Waals surface area contributed by atoms with Crippen LogP contribution in [-0.2, 0) is 16.0 Å². The first kappa shape index (κ1) is 24.7. The molecule has 1 atom stereocenters. The highest BCUT2D eigenvalue weighted by Crippen LogP contribution is 2.22. The molecule has 10 heteroatoms. The normalized spacial score (nSPS) is 11.5. The van der Waals surface area contributed by atoms with Gasteiger partial charge in [0.05, 0.1) is 23.8 Å². The average Bonchev–Trinajstić information content (AvgIpc) is 3.12. The summed E-state index contributed by atoms with van der Waals surface area (Å²) in [5.74, 6) is -0.686. The summed E-state index contributed by atoms with van der Waals surface area (Å²) in [4.78, 5) is 24.0. The Morgan fingerprint density at radius 2 is 1.88 bits per heavy atom. The summed E-state index contributed by atoms with van der Waals surface area (Å²) in [5, 5.41) is 20.1. The number of amides is 2. The van der Waals surface area contributed by atoms with E-state index in [1.807, 2.05) is 0 Å². The van der Waals surface area contributed by atoms with Crippen LogP contribution in [0.5, 0.6) is 0 Å². The van der Waals surface area contributed by atoms with E-state index in [1.54, 1.807) is 24.3 Å². The average molecular weight is 483 g/mol. The maximum absolute atomic E-state index is 13.2. The molecule has 3 aromatic rings. The highest BCUT2D eigenvalue weighted by Gasteiger charge is 2.18. The van der Waals surface area contributed by atoms with Gasteiger partial charge >= 0.3 is 0 Å². The summed E-state index contributed by atoms with van der Waals surface area (Å²) in [6.07, 6.45) is 0.997. The van der Waals surface area contributed by atoms with E-state index in [-0.39, 0.29) is 35.4 Å². The van der Waals surface area contributed by atoms with Crippen molar-refractivity contribution >= 4 is 29.2 Å². The number of anilines is 1. The molecule has 2 amide bonds. The summed E-state index contributed by atoms with van der Waals surface area (Å²) in [5.41, 5.74) is 8.13. The molecule has 1 aromatic heterocycles. The summed E-state index contributed by atoms with van der Waals surface area (Å²) >= 11 is 5.92. The van der Waals surface area contributed by atoms with Crippen molar-refractivity contribution < 1.29 is 14.0 Å². The van der Waals surface area contributed by atoms with Crippen LogP contribution >= 0.6 is 11.6 Å². The maximum Gasteiger partial charge on any atom is 0.222 e. The van der Waals surface area contributed by atoms with E-state index >= 15 is 0 Å². The monoisotopic (exact) mass is 482 g/mol. The Kier molecular flexibility index (Phi) is 8.22. The van der Waals surface area contributed by atoms with E-state index in [4.69, 9.17) is 17.3 Å². The number of nitrogens with zero attached hydrogens (tertiary/aromatic N) is 3. The molecule has 2 aromatic carbocycles. The first-order valence-corrected chi connectivity index (χ1v) is 11.0. The lowest BCUT2D eigenvalue weighted by molar-refractivity contribution is -0.122. The van der Waals surface area contributed by atoms with Gasteiger partial charge in [-0.2, -0.15) is 10.4 Å². The fourth-order valence-corrected chi connectivity index (χ4v) is 3.61. The van der Waals surface area contributed by atoms with Gasteiger partial charge in [-0.05, 0) is 54.8 Å². The summed E-state index contributed by atoms with van der Waals surface area (Å²) in [6.45, 7) is 1.74. The van der Waals surface area contributed by atoms with Crippen LogP contribution in [-0.4, -0.2) is 28.1 Å². The number of nitrogen functional groups attached to an aromatic ring is 1. The first-order valence-electron chi connectivity index (χ1n) is 10.6. The zero-order valence-electron chi connectivity index (χ0n) is 18.5. The smallest absolute Gasteiger partial charge is 0.222 e. The van der Waals surface area contributed by atoms with Crippen LogP contribution in [0.2, 0.25) is 5.02 Å². The number of nitrogens with two attached hydrogens (primary N) is 1. The third kappa shape index (κ3) is 6.33. The second-order valence-corrected chi connectivity index (χ2v) is 8.11. The number of aryl methyl sites for hydroxylation is 1. The molecule has 0 saturated carbocycles. The van der Waals surface area contributed by atoms with Crippen molar-refractivity contribution in [1.82, 2.24) is 20.4 Å². The number of benzene rings is 2. The zero-order valence-corrected chi connectivity index (χ0v) is 19.3. The van der Waals surface area contributed by atoms with Crippen LogP contribution in [0.1, 0.15) is 42.6 Å². The van der Waals surface area contributed by atoms with Crippen LogP contribution in [0.15, 0.2) is 48.5 Å². The van der Waals surface area contributed by atoms with Crippen LogP contribution < -0.4 is 16.4 Å². The van der Waals surface area contributed by atoms with Crippen LogP contribution in [0, 0.1) is 17.1 Å². The van der Waals surface area contributed by atoms with Crippen molar-refractivity contribution in [3.63, 3.8) is 0 Å². The Labute approximate surface area is 201 Å². The maximum atomic E-state index is 13.2. The predicted molar refractivity (Wildman–Crippen MR) is 127 cm³/mol. The molecule has 34 heavy (non-hydrogen) atoms. The Bertz CT molecular complexity index is 1200. The van der Waals surface area contributed by atoms with Gasteiger partial charge in [0, 0.05) is 18.5 Å². The van der Waals surface area contributed by atoms with E-state index in [9.17, 15) is 19.2 Å². The molecule has 3 rings (SSSR count). The highest BCUT2D eigenvalue weighted by atomic mass is 35.5. The molecule has 4 N–H and O–H groups in total. The van der Waals surface area contributed by atoms with Gasteiger partial charge in [0.2, 0.25) is 11.8 Å². The molecular weight excluding hydrogens is 459 g/mol. The number of rotatable bonds is 9. The second-order valence-electron chi connectivity index (χ2n) is 7.67. The lowest BCUT2D eigenvalue weighted by Crippen LogP contribution is -2.33. The van der Waals surface area contributed by atoms with Crippen LogP contribution in [0.25, 0.3) is 5.69 Å². The van der Waals surface area contributed by atoms with Gasteiger partial charge in [-0.25, -0.2) is 9.07 Å². The third-order valence-corrected chi connectivity index (χ3v) is 5.38. The third-order valence-electron chi connectivity index (χ3n) is 5.13. The summed E-state index contributed by atoms with van der Waals surface area (Å²) < 4.78 is 14.6. The Morgan fingerprint density at radius 1 is 1.21 bits per heavy atom. The van der Waals surface area contributed by atoms with Crippen LogP contribution in [0.4, 0.5) is 10.2 Å². The van der Waals surface area contributed by atoms with Gasteiger partial charge in [0.25, 0.3) is 0 Å². The number of carbonyl (C=O) groups excluding carboxylic acids is 2. The van der Waals surface area contributed by atoms with E-state index in [1.165, 1.54) is 35.9 Å². The minimum absolute atomic E-state index is 0.0663. The summed E-state index contributed by atoms with van der Waals surface area (Å²) in [6, 6.07) is 14.1. The van der Waals surface area contributed by atoms with E-state index in [0.29, 0.717) is 35.8 Å². The molecule has 176 valence electrons. The van der Waals surface area contributed by atoms with Crippen molar-refractivity contribution in [2.24, 2.45) is 0 Å². The fraction of sp³-hybridized carbons (Fsp3) is 0.250.